The van der Waals surface area contributed by atoms with Gasteiger partial charge in [-0.05, 0) is 76.8 Å². The summed E-state index contributed by atoms with van der Waals surface area (Å²) in [6, 6.07) is 15.2. The zero-order chi connectivity index (χ0) is 22.3. The molecule has 0 spiro atoms. The van der Waals surface area contributed by atoms with E-state index < -0.39 is 6.04 Å². The number of hydrogen-bond acceptors (Lipinski definition) is 3. The van der Waals surface area contributed by atoms with Gasteiger partial charge in [-0.1, -0.05) is 36.4 Å². The van der Waals surface area contributed by atoms with Crippen LogP contribution < -0.4 is 10.1 Å². The molecule has 1 atom stereocenters. The summed E-state index contributed by atoms with van der Waals surface area (Å²) in [6.07, 6.45) is 0.670. The molecule has 0 saturated carbocycles. The first-order chi connectivity index (χ1) is 14.0. The van der Waals surface area contributed by atoms with Crippen molar-refractivity contribution in [1.82, 2.24) is 10.2 Å². The van der Waals surface area contributed by atoms with E-state index >= 15 is 0 Å². The standard InChI is InChI=1S/C25H34N2O3/c1-18-14-19(2)16-22(15-18)30-17-23(28)27(13-12-21-10-8-7-9-11-21)20(3)24(29)26-25(4,5)6/h7-11,14-16,20H,12-13,17H2,1-6H3,(H,26,29)/t20-/m0/s1. The van der Waals surface area contributed by atoms with Crippen LogP contribution in [0.25, 0.3) is 0 Å². The van der Waals surface area contributed by atoms with Gasteiger partial charge in [0.2, 0.25) is 5.91 Å². The first kappa shape index (κ1) is 23.5. The highest BCUT2D eigenvalue weighted by molar-refractivity contribution is 5.88. The maximum absolute atomic E-state index is 13.0. The van der Waals surface area contributed by atoms with E-state index in [1.165, 1.54) is 0 Å². The molecule has 30 heavy (non-hydrogen) atoms. The molecule has 2 aromatic carbocycles. The second-order valence-corrected chi connectivity index (χ2v) is 8.85. The summed E-state index contributed by atoms with van der Waals surface area (Å²) in [4.78, 5) is 27.4. The number of carbonyl (C=O) groups is 2. The summed E-state index contributed by atoms with van der Waals surface area (Å²) in [5.41, 5.74) is 2.91. The molecule has 0 aliphatic heterocycles. The monoisotopic (exact) mass is 410 g/mol. The van der Waals surface area contributed by atoms with E-state index in [1.807, 2.05) is 77.1 Å². The zero-order valence-corrected chi connectivity index (χ0v) is 19.0. The highest BCUT2D eigenvalue weighted by Gasteiger charge is 2.28. The van der Waals surface area contributed by atoms with Crippen molar-refractivity contribution in [3.05, 3.63) is 65.2 Å². The van der Waals surface area contributed by atoms with Crippen molar-refractivity contribution in [2.75, 3.05) is 13.2 Å². The van der Waals surface area contributed by atoms with Gasteiger partial charge in [-0.25, -0.2) is 0 Å². The Kier molecular flexibility index (Phi) is 8.04. The molecule has 2 rings (SSSR count). The summed E-state index contributed by atoms with van der Waals surface area (Å²) in [5.74, 6) is 0.285. The van der Waals surface area contributed by atoms with E-state index in [9.17, 15) is 9.59 Å². The molecule has 162 valence electrons. The Bertz CT molecular complexity index is 836. The molecule has 0 radical (unpaired) electrons. The van der Waals surface area contributed by atoms with Gasteiger partial charge in [0.15, 0.2) is 6.61 Å². The second kappa shape index (κ2) is 10.3. The quantitative estimate of drug-likeness (QED) is 0.714. The zero-order valence-electron chi connectivity index (χ0n) is 19.0. The Balaban J connectivity index is 2.11. The lowest BCUT2D eigenvalue weighted by atomic mass is 10.1. The Morgan fingerprint density at radius 3 is 2.20 bits per heavy atom. The average Bonchev–Trinajstić information content (AvgIpc) is 2.65. The molecule has 5 nitrogen and oxygen atoms in total. The molecule has 0 aromatic heterocycles. The number of carbonyl (C=O) groups excluding carboxylic acids is 2. The Labute approximate surface area is 180 Å². The molecule has 0 aliphatic carbocycles. The number of amides is 2. The number of hydrogen-bond donors (Lipinski definition) is 1. The van der Waals surface area contributed by atoms with Crippen LogP contribution in [-0.2, 0) is 16.0 Å². The number of ether oxygens (including phenoxy) is 1. The van der Waals surface area contributed by atoms with E-state index in [0.29, 0.717) is 18.7 Å². The summed E-state index contributed by atoms with van der Waals surface area (Å²) >= 11 is 0. The first-order valence-electron chi connectivity index (χ1n) is 10.4. The van der Waals surface area contributed by atoms with Crippen LogP contribution in [0.5, 0.6) is 5.75 Å². The van der Waals surface area contributed by atoms with Crippen LogP contribution >= 0.6 is 0 Å². The van der Waals surface area contributed by atoms with E-state index in [0.717, 1.165) is 16.7 Å². The van der Waals surface area contributed by atoms with E-state index in [-0.39, 0.29) is 24.0 Å². The predicted octanol–water partition coefficient (Wildman–Crippen LogP) is 4.06. The minimum atomic E-state index is -0.594. The minimum absolute atomic E-state index is 0.106. The van der Waals surface area contributed by atoms with Gasteiger partial charge < -0.3 is 15.0 Å². The topological polar surface area (TPSA) is 58.6 Å². The highest BCUT2D eigenvalue weighted by Crippen LogP contribution is 2.17. The second-order valence-electron chi connectivity index (χ2n) is 8.85. The van der Waals surface area contributed by atoms with Crippen molar-refractivity contribution in [3.63, 3.8) is 0 Å². The van der Waals surface area contributed by atoms with Crippen molar-refractivity contribution in [1.29, 1.82) is 0 Å². The molecule has 0 heterocycles. The van der Waals surface area contributed by atoms with Crippen molar-refractivity contribution >= 4 is 11.8 Å². The molecule has 0 aliphatic rings. The molecule has 0 unspecified atom stereocenters. The van der Waals surface area contributed by atoms with Gasteiger partial charge >= 0.3 is 0 Å². The molecular weight excluding hydrogens is 376 g/mol. The van der Waals surface area contributed by atoms with Crippen LogP contribution in [0.3, 0.4) is 0 Å². The van der Waals surface area contributed by atoms with E-state index in [4.69, 9.17) is 4.74 Å². The van der Waals surface area contributed by atoms with Crippen LogP contribution in [0.1, 0.15) is 44.4 Å². The molecule has 1 N–H and O–H groups in total. The molecule has 5 heteroatoms. The fraction of sp³-hybridized carbons (Fsp3) is 0.440. The molecule has 0 fully saturated rings. The van der Waals surface area contributed by atoms with Gasteiger partial charge in [0.05, 0.1) is 0 Å². The van der Waals surface area contributed by atoms with Crippen LogP contribution in [-0.4, -0.2) is 41.4 Å². The van der Waals surface area contributed by atoms with Crippen LogP contribution in [0.4, 0.5) is 0 Å². The molecule has 0 bridgehead atoms. The van der Waals surface area contributed by atoms with Crippen molar-refractivity contribution < 1.29 is 14.3 Å². The lowest BCUT2D eigenvalue weighted by molar-refractivity contribution is -0.142. The molecular formula is C25H34N2O3. The summed E-state index contributed by atoms with van der Waals surface area (Å²) in [7, 11) is 0. The third-order valence-electron chi connectivity index (χ3n) is 4.71. The number of aryl methyl sites for hydroxylation is 2. The minimum Gasteiger partial charge on any atom is -0.484 e. The van der Waals surface area contributed by atoms with Gasteiger partial charge in [0, 0.05) is 12.1 Å². The molecule has 2 amide bonds. The van der Waals surface area contributed by atoms with Crippen LogP contribution in [0.2, 0.25) is 0 Å². The van der Waals surface area contributed by atoms with Crippen LogP contribution in [0, 0.1) is 13.8 Å². The van der Waals surface area contributed by atoms with E-state index in [2.05, 4.69) is 11.4 Å². The fourth-order valence-electron chi connectivity index (χ4n) is 3.29. The van der Waals surface area contributed by atoms with Gasteiger partial charge in [-0.3, -0.25) is 9.59 Å². The number of nitrogens with one attached hydrogen (secondary N) is 1. The summed E-state index contributed by atoms with van der Waals surface area (Å²) in [5, 5.41) is 2.97. The Morgan fingerprint density at radius 2 is 1.63 bits per heavy atom. The number of rotatable bonds is 8. The Morgan fingerprint density at radius 1 is 1.03 bits per heavy atom. The predicted molar refractivity (Wildman–Crippen MR) is 121 cm³/mol. The van der Waals surface area contributed by atoms with E-state index in [1.54, 1.807) is 11.8 Å². The van der Waals surface area contributed by atoms with Gasteiger partial charge in [-0.2, -0.15) is 0 Å². The Hall–Kier alpha value is -2.82. The van der Waals surface area contributed by atoms with Crippen LogP contribution in [0.15, 0.2) is 48.5 Å². The van der Waals surface area contributed by atoms with Gasteiger partial charge in [0.1, 0.15) is 11.8 Å². The number of benzene rings is 2. The molecule has 2 aromatic rings. The van der Waals surface area contributed by atoms with Gasteiger partial charge in [-0.15, -0.1) is 0 Å². The van der Waals surface area contributed by atoms with Crippen molar-refractivity contribution in [3.8, 4) is 5.75 Å². The lowest BCUT2D eigenvalue weighted by Crippen LogP contribution is -2.53. The maximum Gasteiger partial charge on any atom is 0.261 e. The third-order valence-corrected chi connectivity index (χ3v) is 4.71. The smallest absolute Gasteiger partial charge is 0.261 e. The highest BCUT2D eigenvalue weighted by atomic mass is 16.5. The lowest BCUT2D eigenvalue weighted by Gasteiger charge is -2.31. The third kappa shape index (κ3) is 7.54. The fourth-order valence-corrected chi connectivity index (χ4v) is 3.29. The summed E-state index contributed by atoms with van der Waals surface area (Å²) in [6.45, 7) is 11.9. The first-order valence-corrected chi connectivity index (χ1v) is 10.4. The maximum atomic E-state index is 13.0. The summed E-state index contributed by atoms with van der Waals surface area (Å²) < 4.78 is 5.77. The van der Waals surface area contributed by atoms with Crippen molar-refractivity contribution in [2.45, 2.75) is 59.5 Å². The number of nitrogens with zero attached hydrogens (tertiary/aromatic N) is 1. The normalized spacial score (nSPS) is 12.2. The van der Waals surface area contributed by atoms with Gasteiger partial charge in [0.25, 0.3) is 5.91 Å². The van der Waals surface area contributed by atoms with Crippen molar-refractivity contribution in [2.24, 2.45) is 0 Å². The average molecular weight is 411 g/mol. The largest absolute Gasteiger partial charge is 0.484 e. The SMILES string of the molecule is Cc1cc(C)cc(OCC(=O)N(CCc2ccccc2)[C@@H](C)C(=O)NC(C)(C)C)c1. The molecule has 0 saturated heterocycles.